The second-order valence-corrected chi connectivity index (χ2v) is 3.82. The van der Waals surface area contributed by atoms with Crippen LogP contribution in [-0.2, 0) is 13.3 Å². The van der Waals surface area contributed by atoms with Gasteiger partial charge >= 0.3 is 9.17 Å². The van der Waals surface area contributed by atoms with Crippen LogP contribution >= 0.6 is 0 Å². The van der Waals surface area contributed by atoms with Crippen LogP contribution in [0, 0.1) is 0 Å². The highest BCUT2D eigenvalue weighted by atomic mass is 28.3. The Labute approximate surface area is 87.3 Å². The fourth-order valence-corrected chi connectivity index (χ4v) is 1.95. The minimum absolute atomic E-state index is 0.191. The van der Waals surface area contributed by atoms with Crippen molar-refractivity contribution < 1.29 is 13.3 Å². The first kappa shape index (κ1) is 13.1. The van der Waals surface area contributed by atoms with Gasteiger partial charge in [-0.2, -0.15) is 0 Å². The maximum atomic E-state index is 11.3. The average Bonchev–Trinajstić information content (AvgIpc) is 2.22. The zero-order valence-corrected chi connectivity index (χ0v) is 9.86. The van der Waals surface area contributed by atoms with Crippen LogP contribution in [0.2, 0.25) is 0 Å². The van der Waals surface area contributed by atoms with Crippen LogP contribution in [0.15, 0.2) is 25.3 Å². The van der Waals surface area contributed by atoms with E-state index in [0.29, 0.717) is 0 Å². The van der Waals surface area contributed by atoms with E-state index in [0.717, 1.165) is 12.8 Å². The summed E-state index contributed by atoms with van der Waals surface area (Å²) in [7, 11) is -2.43. The Morgan fingerprint density at radius 3 is 1.71 bits per heavy atom. The molecule has 0 aliphatic carbocycles. The van der Waals surface area contributed by atoms with Gasteiger partial charge in [-0.15, -0.1) is 0 Å². The number of hydrogen-bond donors (Lipinski definition) is 0. The summed E-state index contributed by atoms with van der Waals surface area (Å²) < 4.78 is 21.6. The van der Waals surface area contributed by atoms with Crippen LogP contribution in [-0.4, -0.2) is 21.4 Å². The summed E-state index contributed by atoms with van der Waals surface area (Å²) in [4.78, 5) is 0. The molecule has 0 fully saturated rings. The summed E-state index contributed by atoms with van der Waals surface area (Å²) in [6.45, 7) is 11.0. The van der Waals surface area contributed by atoms with E-state index >= 15 is 0 Å². The Morgan fingerprint density at radius 1 is 1.14 bits per heavy atom. The molecular weight excluding hydrogens is 196 g/mol. The summed E-state index contributed by atoms with van der Waals surface area (Å²) in [5.41, 5.74) is 0. The molecule has 2 unspecified atom stereocenters. The summed E-state index contributed by atoms with van der Waals surface area (Å²) in [6, 6.07) is 0. The smallest absolute Gasteiger partial charge is 0.490 e. The van der Waals surface area contributed by atoms with Gasteiger partial charge in [0.25, 0.3) is 0 Å². The molecule has 4 heteroatoms. The van der Waals surface area contributed by atoms with Crippen molar-refractivity contribution in [2.45, 2.75) is 38.9 Å². The molecule has 0 aliphatic heterocycles. The van der Waals surface area contributed by atoms with Crippen molar-refractivity contribution >= 4 is 9.17 Å². The topological polar surface area (TPSA) is 35.5 Å². The number of hydrogen-bond acceptors (Lipinski definition) is 3. The van der Waals surface area contributed by atoms with Crippen LogP contribution in [0.5, 0.6) is 0 Å². The summed E-state index contributed by atoms with van der Waals surface area (Å²) in [5, 5.41) is 0. The monoisotopic (exact) mass is 214 g/mol. The lowest BCUT2D eigenvalue weighted by atomic mass is 10.3. The van der Waals surface area contributed by atoms with Crippen molar-refractivity contribution in [2.75, 3.05) is 0 Å². The number of rotatable bonds is 8. The van der Waals surface area contributed by atoms with Gasteiger partial charge in [0.2, 0.25) is 0 Å². The molecule has 0 heterocycles. The third kappa shape index (κ3) is 4.96. The van der Waals surface area contributed by atoms with Crippen LogP contribution in [0.1, 0.15) is 26.7 Å². The molecule has 0 aromatic heterocycles. The lowest BCUT2D eigenvalue weighted by molar-refractivity contribution is 0.113. The minimum Gasteiger partial charge on any atom is -0.490 e. The SMILES string of the molecule is C=CC(CC)O[Si](=O)OC(C=C)CC. The van der Waals surface area contributed by atoms with Crippen LogP contribution in [0.25, 0.3) is 0 Å². The minimum atomic E-state index is -2.43. The molecule has 0 N–H and O–H groups in total. The molecule has 0 rings (SSSR count). The maximum Gasteiger partial charge on any atom is 0.768 e. The molecule has 0 aromatic rings. The molecule has 0 aliphatic rings. The molecular formula is C10H18O3Si. The first-order chi connectivity index (χ1) is 6.67. The highest BCUT2D eigenvalue weighted by molar-refractivity contribution is 6.26. The van der Waals surface area contributed by atoms with Crippen LogP contribution in [0.4, 0.5) is 0 Å². The van der Waals surface area contributed by atoms with Crippen LogP contribution < -0.4 is 0 Å². The molecule has 0 radical (unpaired) electrons. The van der Waals surface area contributed by atoms with Gasteiger partial charge in [-0.3, -0.25) is 4.46 Å². The van der Waals surface area contributed by atoms with E-state index in [1.807, 2.05) is 13.8 Å². The average molecular weight is 214 g/mol. The first-order valence-corrected chi connectivity index (χ1v) is 6.02. The summed E-state index contributed by atoms with van der Waals surface area (Å²) in [5.74, 6) is 0. The second-order valence-electron chi connectivity index (χ2n) is 2.85. The highest BCUT2D eigenvalue weighted by Crippen LogP contribution is 2.03. The molecule has 14 heavy (non-hydrogen) atoms. The van der Waals surface area contributed by atoms with E-state index in [-0.39, 0.29) is 12.2 Å². The molecule has 0 spiro atoms. The third-order valence-electron chi connectivity index (χ3n) is 1.83. The molecule has 0 aromatic carbocycles. The van der Waals surface area contributed by atoms with Gasteiger partial charge in [-0.1, -0.05) is 39.2 Å². The fourth-order valence-electron chi connectivity index (χ4n) is 0.871. The van der Waals surface area contributed by atoms with Gasteiger partial charge in [-0.05, 0) is 12.8 Å². The van der Waals surface area contributed by atoms with Crippen molar-refractivity contribution in [3.8, 4) is 0 Å². The van der Waals surface area contributed by atoms with Crippen molar-refractivity contribution in [3.05, 3.63) is 25.3 Å². The molecule has 2 atom stereocenters. The molecule has 80 valence electrons. The van der Waals surface area contributed by atoms with E-state index in [2.05, 4.69) is 13.2 Å². The van der Waals surface area contributed by atoms with Crippen molar-refractivity contribution in [2.24, 2.45) is 0 Å². The third-order valence-corrected chi connectivity index (χ3v) is 2.82. The molecule has 0 saturated heterocycles. The Morgan fingerprint density at radius 2 is 1.50 bits per heavy atom. The quantitative estimate of drug-likeness (QED) is 0.459. The first-order valence-electron chi connectivity index (χ1n) is 4.80. The van der Waals surface area contributed by atoms with Crippen LogP contribution in [0.3, 0.4) is 0 Å². The Hall–Kier alpha value is -0.903. The van der Waals surface area contributed by atoms with E-state index in [1.54, 1.807) is 12.2 Å². The molecule has 3 nitrogen and oxygen atoms in total. The van der Waals surface area contributed by atoms with Gasteiger partial charge in [0.05, 0.1) is 0 Å². The van der Waals surface area contributed by atoms with Gasteiger partial charge in [0, 0.05) is 0 Å². The molecule has 0 bridgehead atoms. The second kappa shape index (κ2) is 7.50. The predicted molar refractivity (Wildman–Crippen MR) is 57.2 cm³/mol. The predicted octanol–water partition coefficient (Wildman–Crippen LogP) is 2.36. The van der Waals surface area contributed by atoms with E-state index in [1.165, 1.54) is 0 Å². The molecule has 0 saturated carbocycles. The van der Waals surface area contributed by atoms with Crippen molar-refractivity contribution in [1.29, 1.82) is 0 Å². The lowest BCUT2D eigenvalue weighted by Crippen LogP contribution is -2.24. The summed E-state index contributed by atoms with van der Waals surface area (Å²) >= 11 is 0. The summed E-state index contributed by atoms with van der Waals surface area (Å²) in [6.07, 6.45) is 4.36. The van der Waals surface area contributed by atoms with Crippen molar-refractivity contribution in [1.82, 2.24) is 0 Å². The zero-order chi connectivity index (χ0) is 11.0. The van der Waals surface area contributed by atoms with Gasteiger partial charge in [0.15, 0.2) is 0 Å². The Bertz CT molecular complexity index is 184. The Kier molecular flexibility index (Phi) is 7.01. The highest BCUT2D eigenvalue weighted by Gasteiger charge is 2.18. The maximum absolute atomic E-state index is 11.3. The lowest BCUT2D eigenvalue weighted by Gasteiger charge is -2.15. The van der Waals surface area contributed by atoms with E-state index < -0.39 is 9.17 Å². The largest absolute Gasteiger partial charge is 0.768 e. The van der Waals surface area contributed by atoms with Gasteiger partial charge in [0.1, 0.15) is 12.2 Å². The van der Waals surface area contributed by atoms with Gasteiger partial charge < -0.3 is 8.85 Å². The van der Waals surface area contributed by atoms with E-state index in [9.17, 15) is 4.46 Å². The van der Waals surface area contributed by atoms with E-state index in [4.69, 9.17) is 8.85 Å². The van der Waals surface area contributed by atoms with Gasteiger partial charge in [-0.25, -0.2) is 0 Å². The standard InChI is InChI=1S/C10H18O3Si/c1-5-9(6-2)12-14(11)13-10(7-3)8-4/h5,7,9-10H,1,3,6,8H2,2,4H3. The zero-order valence-electron chi connectivity index (χ0n) is 8.86. The fraction of sp³-hybridized carbons (Fsp3) is 0.600. The normalized spacial score (nSPS) is 13.9. The van der Waals surface area contributed by atoms with Crippen molar-refractivity contribution in [3.63, 3.8) is 0 Å². The Balaban J connectivity index is 3.95. The molecule has 0 amide bonds.